The first kappa shape index (κ1) is 14.3. The van der Waals surface area contributed by atoms with E-state index in [9.17, 15) is 8.42 Å². The Hall–Kier alpha value is -0.140. The van der Waals surface area contributed by atoms with Gasteiger partial charge >= 0.3 is 0 Å². The number of rotatable bonds is 4. The Morgan fingerprint density at radius 2 is 2.11 bits per heavy atom. The number of sulfonamides is 1. The summed E-state index contributed by atoms with van der Waals surface area (Å²) in [7, 11) is -3.25. The monoisotopic (exact) mass is 308 g/mol. The Morgan fingerprint density at radius 1 is 1.44 bits per heavy atom. The summed E-state index contributed by atoms with van der Waals surface area (Å²) in [5.41, 5.74) is 0. The summed E-state index contributed by atoms with van der Waals surface area (Å²) in [6, 6.07) is 3.43. The minimum Gasteiger partial charge on any atom is -0.317 e. The lowest BCUT2D eigenvalue weighted by molar-refractivity contribution is 0.485. The fourth-order valence-corrected chi connectivity index (χ4v) is 4.87. The maximum atomic E-state index is 12.2. The van der Waals surface area contributed by atoms with Crippen LogP contribution in [0, 0.1) is 0 Å². The molecule has 2 rings (SSSR count). The average molecular weight is 309 g/mol. The fourth-order valence-electron chi connectivity index (χ4n) is 2.07. The third kappa shape index (κ3) is 3.45. The molecule has 102 valence electrons. The molecule has 0 bridgehead atoms. The maximum Gasteiger partial charge on any atom is 0.215 e. The van der Waals surface area contributed by atoms with Crippen LogP contribution in [0.2, 0.25) is 4.34 Å². The standard InChI is InChI=1S/C11H17ClN2O2S2/c1-8(10-2-3-11(12)17-10)14-18(15,16)9-4-6-13-7-5-9/h2-3,8-9,13-14H,4-7H2,1H3. The predicted octanol–water partition coefficient (Wildman–Crippen LogP) is 2.13. The van der Waals surface area contributed by atoms with Crippen LogP contribution in [0.5, 0.6) is 0 Å². The minimum absolute atomic E-state index is 0.220. The molecule has 2 N–H and O–H groups in total. The highest BCUT2D eigenvalue weighted by molar-refractivity contribution is 7.90. The smallest absolute Gasteiger partial charge is 0.215 e. The van der Waals surface area contributed by atoms with Crippen LogP contribution >= 0.6 is 22.9 Å². The largest absolute Gasteiger partial charge is 0.317 e. The zero-order valence-electron chi connectivity index (χ0n) is 10.1. The second-order valence-corrected chi connectivity index (χ2v) is 8.21. The Kier molecular flexibility index (Phi) is 4.66. The second-order valence-electron chi connectivity index (χ2n) is 4.48. The first-order valence-electron chi connectivity index (χ1n) is 5.96. The molecule has 1 saturated heterocycles. The molecule has 0 aliphatic carbocycles. The van der Waals surface area contributed by atoms with Gasteiger partial charge in [-0.1, -0.05) is 11.6 Å². The van der Waals surface area contributed by atoms with Gasteiger partial charge in [0.25, 0.3) is 0 Å². The van der Waals surface area contributed by atoms with E-state index in [4.69, 9.17) is 11.6 Å². The highest BCUT2D eigenvalue weighted by atomic mass is 35.5. The van der Waals surface area contributed by atoms with Gasteiger partial charge in [-0.15, -0.1) is 11.3 Å². The number of hydrogen-bond donors (Lipinski definition) is 2. The van der Waals surface area contributed by atoms with E-state index in [1.807, 2.05) is 13.0 Å². The lowest BCUT2D eigenvalue weighted by atomic mass is 10.2. The summed E-state index contributed by atoms with van der Waals surface area (Å²) in [5.74, 6) is 0. The van der Waals surface area contributed by atoms with Crippen molar-refractivity contribution in [1.82, 2.24) is 10.0 Å². The number of hydrogen-bond acceptors (Lipinski definition) is 4. The zero-order chi connectivity index (χ0) is 13.2. The van der Waals surface area contributed by atoms with Crippen molar-refractivity contribution in [2.24, 2.45) is 0 Å². The van der Waals surface area contributed by atoms with E-state index >= 15 is 0 Å². The number of thiophene rings is 1. The lowest BCUT2D eigenvalue weighted by Gasteiger charge is -2.24. The topological polar surface area (TPSA) is 58.2 Å². The van der Waals surface area contributed by atoms with Crippen LogP contribution in [-0.2, 0) is 10.0 Å². The van der Waals surface area contributed by atoms with Crippen molar-refractivity contribution in [3.63, 3.8) is 0 Å². The van der Waals surface area contributed by atoms with Gasteiger partial charge in [0.05, 0.1) is 15.6 Å². The van der Waals surface area contributed by atoms with Gasteiger partial charge in [0.1, 0.15) is 0 Å². The van der Waals surface area contributed by atoms with E-state index in [0.717, 1.165) is 18.0 Å². The van der Waals surface area contributed by atoms with E-state index in [1.54, 1.807) is 6.07 Å². The van der Waals surface area contributed by atoms with Gasteiger partial charge in [0.15, 0.2) is 0 Å². The second kappa shape index (κ2) is 5.88. The molecule has 1 atom stereocenters. The molecule has 1 aromatic heterocycles. The molecule has 1 aliphatic heterocycles. The highest BCUT2D eigenvalue weighted by Gasteiger charge is 2.28. The van der Waals surface area contributed by atoms with Crippen molar-refractivity contribution in [3.05, 3.63) is 21.3 Å². The summed E-state index contributed by atoms with van der Waals surface area (Å²) in [5, 5.41) is 2.89. The van der Waals surface area contributed by atoms with Gasteiger partial charge in [-0.05, 0) is 45.0 Å². The first-order chi connectivity index (χ1) is 8.49. The van der Waals surface area contributed by atoms with Crippen molar-refractivity contribution >= 4 is 33.0 Å². The van der Waals surface area contributed by atoms with Crippen LogP contribution in [0.4, 0.5) is 0 Å². The van der Waals surface area contributed by atoms with E-state index in [-0.39, 0.29) is 11.3 Å². The summed E-state index contributed by atoms with van der Waals surface area (Å²) < 4.78 is 27.8. The molecule has 1 aliphatic rings. The average Bonchev–Trinajstić information content (AvgIpc) is 2.77. The number of piperidine rings is 1. The van der Waals surface area contributed by atoms with Gasteiger partial charge in [0.2, 0.25) is 10.0 Å². The van der Waals surface area contributed by atoms with E-state index in [0.29, 0.717) is 17.2 Å². The molecule has 0 aromatic carbocycles. The summed E-state index contributed by atoms with van der Waals surface area (Å²) in [6.45, 7) is 3.39. The van der Waals surface area contributed by atoms with Gasteiger partial charge in [-0.2, -0.15) is 0 Å². The Labute approximate surface area is 117 Å². The third-order valence-corrected chi connectivity index (χ3v) is 6.53. The van der Waals surface area contributed by atoms with E-state index < -0.39 is 10.0 Å². The van der Waals surface area contributed by atoms with Crippen molar-refractivity contribution in [3.8, 4) is 0 Å². The van der Waals surface area contributed by atoms with Gasteiger partial charge < -0.3 is 5.32 Å². The molecule has 4 nitrogen and oxygen atoms in total. The van der Waals surface area contributed by atoms with Crippen molar-refractivity contribution in [2.45, 2.75) is 31.1 Å². The van der Waals surface area contributed by atoms with Crippen molar-refractivity contribution in [2.75, 3.05) is 13.1 Å². The van der Waals surface area contributed by atoms with Crippen LogP contribution in [0.1, 0.15) is 30.7 Å². The van der Waals surface area contributed by atoms with E-state index in [1.165, 1.54) is 11.3 Å². The summed E-state index contributed by atoms with van der Waals surface area (Å²) in [4.78, 5) is 0.942. The van der Waals surface area contributed by atoms with Gasteiger partial charge in [-0.3, -0.25) is 0 Å². The Bertz CT molecular complexity index is 495. The van der Waals surface area contributed by atoms with Crippen LogP contribution in [0.15, 0.2) is 12.1 Å². The Morgan fingerprint density at radius 3 is 2.67 bits per heavy atom. The quantitative estimate of drug-likeness (QED) is 0.896. The van der Waals surface area contributed by atoms with Crippen LogP contribution in [-0.4, -0.2) is 26.8 Å². The molecule has 18 heavy (non-hydrogen) atoms. The van der Waals surface area contributed by atoms with Crippen LogP contribution in [0.3, 0.4) is 0 Å². The van der Waals surface area contributed by atoms with Crippen molar-refractivity contribution < 1.29 is 8.42 Å². The lowest BCUT2D eigenvalue weighted by Crippen LogP contribution is -2.42. The molecule has 1 fully saturated rings. The zero-order valence-corrected chi connectivity index (χ0v) is 12.5. The van der Waals surface area contributed by atoms with Crippen LogP contribution in [0.25, 0.3) is 0 Å². The summed E-state index contributed by atoms with van der Waals surface area (Å²) >= 11 is 7.27. The summed E-state index contributed by atoms with van der Waals surface area (Å²) in [6.07, 6.45) is 1.35. The van der Waals surface area contributed by atoms with Gasteiger partial charge in [0, 0.05) is 4.88 Å². The van der Waals surface area contributed by atoms with Crippen molar-refractivity contribution in [1.29, 1.82) is 0 Å². The minimum atomic E-state index is -3.25. The predicted molar refractivity (Wildman–Crippen MR) is 75.7 cm³/mol. The first-order valence-corrected chi connectivity index (χ1v) is 8.70. The normalized spacial score (nSPS) is 19.9. The number of halogens is 1. The SMILES string of the molecule is CC(NS(=O)(=O)C1CCNCC1)c1ccc(Cl)s1. The molecule has 0 radical (unpaired) electrons. The molecular weight excluding hydrogens is 292 g/mol. The molecule has 2 heterocycles. The molecule has 7 heteroatoms. The Balaban J connectivity index is 2.03. The number of nitrogens with one attached hydrogen (secondary N) is 2. The van der Waals surface area contributed by atoms with Gasteiger partial charge in [-0.25, -0.2) is 13.1 Å². The molecule has 1 aromatic rings. The molecule has 0 amide bonds. The highest BCUT2D eigenvalue weighted by Crippen LogP contribution is 2.27. The van der Waals surface area contributed by atoms with E-state index in [2.05, 4.69) is 10.0 Å². The molecule has 0 spiro atoms. The maximum absolute atomic E-state index is 12.2. The molecule has 0 saturated carbocycles. The fraction of sp³-hybridized carbons (Fsp3) is 0.636. The molecular formula is C11H17ClN2O2S2. The van der Waals surface area contributed by atoms with Crippen LogP contribution < -0.4 is 10.0 Å². The third-order valence-electron chi connectivity index (χ3n) is 3.09. The molecule has 1 unspecified atom stereocenters.